The molecule has 2 fully saturated rings. The molecule has 1 heteroatoms. The standard InChI is InChI=1S/C6H11Si/c1-2-6-3-5(1)4-7-6/h5-7H,1-4H2. The van der Waals surface area contributed by atoms with Crippen LogP contribution < -0.4 is 0 Å². The van der Waals surface area contributed by atoms with Gasteiger partial charge in [-0.05, 0) is 11.5 Å². The molecule has 2 bridgehead atoms. The maximum atomic E-state index is 1.64. The molecule has 0 aromatic heterocycles. The maximum absolute atomic E-state index is 1.64. The summed E-state index contributed by atoms with van der Waals surface area (Å²) < 4.78 is 0. The summed E-state index contributed by atoms with van der Waals surface area (Å²) in [5.74, 6) is 1.21. The summed E-state index contributed by atoms with van der Waals surface area (Å²) in [5.41, 5.74) is 1.25. The zero-order chi connectivity index (χ0) is 4.69. The molecule has 0 aromatic carbocycles. The Morgan fingerprint density at radius 3 is 2.43 bits per heavy atom. The highest BCUT2D eigenvalue weighted by molar-refractivity contribution is 6.39. The first kappa shape index (κ1) is 4.13. The van der Waals surface area contributed by atoms with Gasteiger partial charge >= 0.3 is 0 Å². The normalized spacial score (nSPS) is 48.0. The summed E-state index contributed by atoms with van der Waals surface area (Å²) in [7, 11) is 0.928. The Labute approximate surface area is 47.1 Å². The Hall–Kier alpha value is 0.217. The van der Waals surface area contributed by atoms with Crippen molar-refractivity contribution in [2.45, 2.75) is 30.8 Å². The number of hydrogen-bond donors (Lipinski definition) is 0. The van der Waals surface area contributed by atoms with Crippen LogP contribution in [0.1, 0.15) is 19.3 Å². The highest BCUT2D eigenvalue weighted by Crippen LogP contribution is 2.43. The van der Waals surface area contributed by atoms with Crippen molar-refractivity contribution in [2.24, 2.45) is 5.92 Å². The van der Waals surface area contributed by atoms with E-state index in [-0.39, 0.29) is 0 Å². The van der Waals surface area contributed by atoms with Crippen LogP contribution >= 0.6 is 0 Å². The van der Waals surface area contributed by atoms with E-state index in [0.29, 0.717) is 0 Å². The molecule has 0 nitrogen and oxygen atoms in total. The van der Waals surface area contributed by atoms with Crippen molar-refractivity contribution >= 4 is 9.52 Å². The SMILES string of the molecule is C1CC2CC1C[SiH]2. The number of hydrogen-bond acceptors (Lipinski definition) is 0. The van der Waals surface area contributed by atoms with Crippen LogP contribution in [0.5, 0.6) is 0 Å². The average molecular weight is 111 g/mol. The van der Waals surface area contributed by atoms with Gasteiger partial charge in [-0.25, -0.2) is 0 Å². The van der Waals surface area contributed by atoms with E-state index in [9.17, 15) is 0 Å². The lowest BCUT2D eigenvalue weighted by atomic mass is 10.1. The van der Waals surface area contributed by atoms with Gasteiger partial charge in [-0.1, -0.05) is 25.3 Å². The predicted molar refractivity (Wildman–Crippen MR) is 33.0 cm³/mol. The van der Waals surface area contributed by atoms with Crippen molar-refractivity contribution in [3.63, 3.8) is 0 Å². The Morgan fingerprint density at radius 2 is 2.29 bits per heavy atom. The lowest BCUT2D eigenvalue weighted by molar-refractivity contribution is 0.624. The van der Waals surface area contributed by atoms with Crippen LogP contribution in [0.4, 0.5) is 0 Å². The van der Waals surface area contributed by atoms with E-state index in [1.165, 1.54) is 11.5 Å². The second kappa shape index (κ2) is 1.34. The number of fused-ring (bicyclic) bond motifs is 2. The van der Waals surface area contributed by atoms with Crippen LogP contribution in [0.15, 0.2) is 0 Å². The minimum absolute atomic E-state index is 0.928. The smallest absolute Gasteiger partial charge is 0.0317 e. The van der Waals surface area contributed by atoms with E-state index in [1.807, 2.05) is 0 Å². The summed E-state index contributed by atoms with van der Waals surface area (Å²) in [6, 6.07) is 1.64. The molecular weight excluding hydrogens is 100 g/mol. The van der Waals surface area contributed by atoms with Gasteiger partial charge in [0.1, 0.15) is 0 Å². The van der Waals surface area contributed by atoms with E-state index in [4.69, 9.17) is 0 Å². The zero-order valence-corrected chi connectivity index (χ0v) is 5.72. The molecule has 2 aliphatic rings. The fraction of sp³-hybridized carbons (Fsp3) is 1.00. The quantitative estimate of drug-likeness (QED) is 0.415. The first-order chi connectivity index (χ1) is 3.45. The van der Waals surface area contributed by atoms with Gasteiger partial charge in [-0.15, -0.1) is 0 Å². The van der Waals surface area contributed by atoms with E-state index in [0.717, 1.165) is 9.52 Å². The van der Waals surface area contributed by atoms with Crippen molar-refractivity contribution in [3.8, 4) is 0 Å². The molecule has 1 aliphatic carbocycles. The third-order valence-electron chi connectivity index (χ3n) is 2.38. The molecule has 0 spiro atoms. The summed E-state index contributed by atoms with van der Waals surface area (Å²) in [6.45, 7) is 0. The zero-order valence-electron chi connectivity index (χ0n) is 4.56. The first-order valence-electron chi connectivity index (χ1n) is 3.28. The van der Waals surface area contributed by atoms with Gasteiger partial charge in [0.15, 0.2) is 0 Å². The van der Waals surface area contributed by atoms with Gasteiger partial charge in [-0.3, -0.25) is 0 Å². The lowest BCUT2D eigenvalue weighted by Crippen LogP contribution is -1.97. The largest absolute Gasteiger partial charge is 0.0590 e. The van der Waals surface area contributed by atoms with Crippen molar-refractivity contribution in [3.05, 3.63) is 0 Å². The number of rotatable bonds is 0. The third kappa shape index (κ3) is 0.547. The van der Waals surface area contributed by atoms with Crippen LogP contribution in [-0.2, 0) is 0 Å². The molecule has 1 saturated carbocycles. The molecule has 1 aliphatic heterocycles. The van der Waals surface area contributed by atoms with Gasteiger partial charge in [0.05, 0.1) is 0 Å². The molecule has 2 rings (SSSR count). The molecule has 1 saturated heterocycles. The monoisotopic (exact) mass is 111 g/mol. The third-order valence-corrected chi connectivity index (χ3v) is 4.60. The van der Waals surface area contributed by atoms with Crippen molar-refractivity contribution in [1.29, 1.82) is 0 Å². The van der Waals surface area contributed by atoms with Crippen LogP contribution in [0.25, 0.3) is 0 Å². The van der Waals surface area contributed by atoms with Gasteiger partial charge in [0.2, 0.25) is 0 Å². The molecule has 0 N–H and O–H groups in total. The van der Waals surface area contributed by atoms with Gasteiger partial charge < -0.3 is 0 Å². The molecule has 2 atom stereocenters. The van der Waals surface area contributed by atoms with Crippen molar-refractivity contribution in [1.82, 2.24) is 0 Å². The van der Waals surface area contributed by atoms with E-state index in [1.54, 1.807) is 25.3 Å². The van der Waals surface area contributed by atoms with Gasteiger partial charge in [0, 0.05) is 9.52 Å². The second-order valence-corrected chi connectivity index (χ2v) is 4.80. The topological polar surface area (TPSA) is 0 Å². The summed E-state index contributed by atoms with van der Waals surface area (Å²) in [5, 5.41) is 0. The fourth-order valence-electron chi connectivity index (χ4n) is 1.93. The minimum Gasteiger partial charge on any atom is -0.0590 e. The van der Waals surface area contributed by atoms with Crippen LogP contribution in [0.3, 0.4) is 0 Å². The van der Waals surface area contributed by atoms with Crippen molar-refractivity contribution in [2.75, 3.05) is 0 Å². The minimum atomic E-state index is 0.928. The Balaban J connectivity index is 2.12. The van der Waals surface area contributed by atoms with E-state index < -0.39 is 0 Å². The Bertz CT molecular complexity index is 62.2. The molecule has 1 heterocycles. The second-order valence-electron chi connectivity index (χ2n) is 2.91. The molecule has 0 amide bonds. The van der Waals surface area contributed by atoms with Gasteiger partial charge in [-0.2, -0.15) is 0 Å². The van der Waals surface area contributed by atoms with E-state index in [2.05, 4.69) is 0 Å². The lowest BCUT2D eigenvalue weighted by Gasteiger charge is -2.04. The molecule has 2 unspecified atom stereocenters. The summed E-state index contributed by atoms with van der Waals surface area (Å²) in [4.78, 5) is 0. The summed E-state index contributed by atoms with van der Waals surface area (Å²) in [6.07, 6.45) is 4.80. The molecule has 39 valence electrons. The molecule has 7 heavy (non-hydrogen) atoms. The highest BCUT2D eigenvalue weighted by Gasteiger charge is 2.31. The maximum Gasteiger partial charge on any atom is 0.0317 e. The molecular formula is C6H11Si. The predicted octanol–water partition coefficient (Wildman–Crippen LogP) is 1.44. The first-order valence-corrected chi connectivity index (χ1v) is 4.77. The highest BCUT2D eigenvalue weighted by atomic mass is 28.2. The Kier molecular flexibility index (Phi) is 0.794. The fourth-order valence-corrected chi connectivity index (χ4v) is 4.13. The van der Waals surface area contributed by atoms with E-state index >= 15 is 0 Å². The Morgan fingerprint density at radius 1 is 1.29 bits per heavy atom. The van der Waals surface area contributed by atoms with Crippen LogP contribution in [0, 0.1) is 5.92 Å². The average Bonchev–Trinajstić information content (AvgIpc) is 2.22. The van der Waals surface area contributed by atoms with Crippen LogP contribution in [0.2, 0.25) is 11.6 Å². The summed E-state index contributed by atoms with van der Waals surface area (Å²) >= 11 is 0. The molecule has 0 aromatic rings. The van der Waals surface area contributed by atoms with Crippen molar-refractivity contribution < 1.29 is 0 Å². The van der Waals surface area contributed by atoms with Gasteiger partial charge in [0.25, 0.3) is 0 Å². The van der Waals surface area contributed by atoms with Crippen LogP contribution in [-0.4, -0.2) is 9.52 Å². The molecule has 1 radical (unpaired) electrons.